The van der Waals surface area contributed by atoms with E-state index in [-0.39, 0.29) is 36.0 Å². The molecule has 2 aromatic carbocycles. The molecule has 36 heavy (non-hydrogen) atoms. The van der Waals surface area contributed by atoms with Crippen LogP contribution in [-0.4, -0.2) is 46.8 Å². The number of amides is 3. The molecule has 0 saturated carbocycles. The Morgan fingerprint density at radius 1 is 1.03 bits per heavy atom. The molecule has 2 N–H and O–H groups in total. The Kier molecular flexibility index (Phi) is 8.32. The summed E-state index contributed by atoms with van der Waals surface area (Å²) in [5.41, 5.74) is 6.66. The number of likely N-dealkylation sites (tertiary alicyclic amines) is 1. The third kappa shape index (κ3) is 6.69. The molecule has 8 nitrogen and oxygen atoms in total. The molecule has 1 saturated heterocycles. The number of hydrogen-bond donors (Lipinski definition) is 2. The Morgan fingerprint density at radius 2 is 1.72 bits per heavy atom. The molecular weight excluding hydrogens is 476 g/mol. The smallest absolute Gasteiger partial charge is 0.289 e. The van der Waals surface area contributed by atoms with Crippen LogP contribution >= 0.6 is 11.3 Å². The van der Waals surface area contributed by atoms with Crippen molar-refractivity contribution in [2.45, 2.75) is 45.1 Å². The van der Waals surface area contributed by atoms with Gasteiger partial charge in [-0.2, -0.15) is 0 Å². The van der Waals surface area contributed by atoms with E-state index in [1.54, 1.807) is 17.5 Å². The van der Waals surface area contributed by atoms with Crippen LogP contribution in [0.3, 0.4) is 0 Å². The highest BCUT2D eigenvalue weighted by Gasteiger charge is 2.27. The first kappa shape index (κ1) is 25.4. The number of hydrogen-bond acceptors (Lipinski definition) is 6. The van der Waals surface area contributed by atoms with Gasteiger partial charge in [-0.15, -0.1) is 11.3 Å². The average Bonchev–Trinajstić information content (AvgIpc) is 3.38. The zero-order valence-corrected chi connectivity index (χ0v) is 21.2. The van der Waals surface area contributed by atoms with E-state index < -0.39 is 5.91 Å². The van der Waals surface area contributed by atoms with E-state index in [4.69, 9.17) is 4.74 Å². The van der Waals surface area contributed by atoms with Crippen molar-refractivity contribution in [3.05, 3.63) is 81.8 Å². The molecule has 1 aromatic heterocycles. The molecule has 0 bridgehead atoms. The summed E-state index contributed by atoms with van der Waals surface area (Å²) in [4.78, 5) is 43.8. The molecule has 188 valence electrons. The van der Waals surface area contributed by atoms with Crippen LogP contribution in [0.15, 0.2) is 60.0 Å². The fraction of sp³-hybridized carbons (Fsp3) is 0.333. The van der Waals surface area contributed by atoms with Crippen molar-refractivity contribution < 1.29 is 19.1 Å². The molecule has 0 unspecified atom stereocenters. The molecule has 1 fully saturated rings. The maximum Gasteiger partial charge on any atom is 0.289 e. The first-order chi connectivity index (χ1) is 17.4. The second kappa shape index (κ2) is 11.8. The first-order valence-corrected chi connectivity index (χ1v) is 12.9. The summed E-state index contributed by atoms with van der Waals surface area (Å²) in [5, 5.41) is 2.57. The topological polar surface area (TPSA) is 101 Å². The number of nitrogens with zero attached hydrogens (tertiary/aromatic N) is 2. The summed E-state index contributed by atoms with van der Waals surface area (Å²) < 4.78 is 5.65. The number of thiazole rings is 1. The summed E-state index contributed by atoms with van der Waals surface area (Å²) >= 11 is 1.43. The number of hydrazine groups is 1. The Morgan fingerprint density at radius 3 is 2.39 bits per heavy atom. The normalized spacial score (nSPS) is 13.9. The lowest BCUT2D eigenvalue weighted by Gasteiger charge is -2.31. The SMILES string of the molecule is CC(C)Oc1ccc(C(=O)N2CCC(c3nc(C(=O)NNC(=O)Cc4ccccc4)cs3)CC2)cc1. The Labute approximate surface area is 214 Å². The molecule has 0 spiro atoms. The highest BCUT2D eigenvalue weighted by Crippen LogP contribution is 2.31. The largest absolute Gasteiger partial charge is 0.491 e. The summed E-state index contributed by atoms with van der Waals surface area (Å²) in [7, 11) is 0. The van der Waals surface area contributed by atoms with Gasteiger partial charge in [-0.3, -0.25) is 25.2 Å². The van der Waals surface area contributed by atoms with E-state index in [0.717, 1.165) is 29.2 Å². The van der Waals surface area contributed by atoms with E-state index in [0.29, 0.717) is 18.7 Å². The zero-order valence-electron chi connectivity index (χ0n) is 20.4. The lowest BCUT2D eigenvalue weighted by atomic mass is 9.97. The van der Waals surface area contributed by atoms with Crippen LogP contribution in [0.1, 0.15) is 64.0 Å². The van der Waals surface area contributed by atoms with Crippen molar-refractivity contribution in [1.29, 1.82) is 0 Å². The minimum absolute atomic E-state index is 0.00926. The molecule has 1 aliphatic heterocycles. The first-order valence-electron chi connectivity index (χ1n) is 12.0. The zero-order chi connectivity index (χ0) is 25.5. The number of benzene rings is 2. The van der Waals surface area contributed by atoms with E-state index >= 15 is 0 Å². The number of aromatic nitrogens is 1. The molecule has 3 amide bonds. The molecular formula is C27H30N4O4S. The molecule has 4 rings (SSSR count). The van der Waals surface area contributed by atoms with Crippen LogP contribution < -0.4 is 15.6 Å². The van der Waals surface area contributed by atoms with Gasteiger partial charge in [-0.25, -0.2) is 4.98 Å². The summed E-state index contributed by atoms with van der Waals surface area (Å²) in [5.74, 6) is 0.199. The maximum absolute atomic E-state index is 12.9. The van der Waals surface area contributed by atoms with Gasteiger partial charge in [0.15, 0.2) is 0 Å². The van der Waals surface area contributed by atoms with Gasteiger partial charge in [-0.05, 0) is 56.5 Å². The maximum atomic E-state index is 12.9. The lowest BCUT2D eigenvalue weighted by Crippen LogP contribution is -2.42. The van der Waals surface area contributed by atoms with Gasteiger partial charge in [0.1, 0.15) is 11.4 Å². The summed E-state index contributed by atoms with van der Waals surface area (Å²) in [6.07, 6.45) is 1.82. The van der Waals surface area contributed by atoms with E-state index in [1.807, 2.05) is 61.2 Å². The van der Waals surface area contributed by atoms with Crippen molar-refractivity contribution in [1.82, 2.24) is 20.7 Å². The van der Waals surface area contributed by atoms with Crippen molar-refractivity contribution in [3.8, 4) is 5.75 Å². The average molecular weight is 507 g/mol. The minimum Gasteiger partial charge on any atom is -0.491 e. The highest BCUT2D eigenvalue weighted by atomic mass is 32.1. The quantitative estimate of drug-likeness (QED) is 0.473. The van der Waals surface area contributed by atoms with Gasteiger partial charge in [0, 0.05) is 30.0 Å². The van der Waals surface area contributed by atoms with Crippen molar-refractivity contribution in [3.63, 3.8) is 0 Å². The van der Waals surface area contributed by atoms with Gasteiger partial charge < -0.3 is 9.64 Å². The molecule has 0 radical (unpaired) electrons. The highest BCUT2D eigenvalue weighted by molar-refractivity contribution is 7.09. The standard InChI is InChI=1S/C27H30N4O4S/c1-18(2)35-22-10-8-21(9-11-22)27(34)31-14-12-20(13-15-31)26-28-23(17-36-26)25(33)30-29-24(32)16-19-6-4-3-5-7-19/h3-11,17-18,20H,12-16H2,1-2H3,(H,29,32)(H,30,33). The van der Waals surface area contributed by atoms with E-state index in [1.165, 1.54) is 11.3 Å². The van der Waals surface area contributed by atoms with Gasteiger partial charge in [-0.1, -0.05) is 30.3 Å². The van der Waals surface area contributed by atoms with Crippen LogP contribution in [0.4, 0.5) is 0 Å². The number of carbonyl (C=O) groups excluding carboxylic acids is 3. The third-order valence-corrected chi connectivity index (χ3v) is 6.89. The van der Waals surface area contributed by atoms with Gasteiger partial charge >= 0.3 is 0 Å². The Balaban J connectivity index is 1.25. The minimum atomic E-state index is -0.448. The number of rotatable bonds is 7. The van der Waals surface area contributed by atoms with Crippen LogP contribution in [0.5, 0.6) is 5.75 Å². The Bertz CT molecular complexity index is 1190. The lowest BCUT2D eigenvalue weighted by molar-refractivity contribution is -0.121. The molecule has 3 aromatic rings. The van der Waals surface area contributed by atoms with Crippen LogP contribution in [0.25, 0.3) is 0 Å². The number of carbonyl (C=O) groups is 3. The molecule has 1 aliphatic rings. The fourth-order valence-corrected chi connectivity index (χ4v) is 5.03. The van der Waals surface area contributed by atoms with Crippen molar-refractivity contribution in [2.24, 2.45) is 0 Å². The number of piperidine rings is 1. The summed E-state index contributed by atoms with van der Waals surface area (Å²) in [6.45, 7) is 5.19. The second-order valence-electron chi connectivity index (χ2n) is 8.99. The predicted molar refractivity (Wildman–Crippen MR) is 138 cm³/mol. The van der Waals surface area contributed by atoms with Gasteiger partial charge in [0.25, 0.3) is 11.8 Å². The van der Waals surface area contributed by atoms with Crippen LogP contribution in [-0.2, 0) is 11.2 Å². The predicted octanol–water partition coefficient (Wildman–Crippen LogP) is 3.95. The fourth-order valence-electron chi connectivity index (χ4n) is 4.06. The van der Waals surface area contributed by atoms with Crippen LogP contribution in [0.2, 0.25) is 0 Å². The van der Waals surface area contributed by atoms with Crippen LogP contribution in [0, 0.1) is 0 Å². The number of nitrogens with one attached hydrogen (secondary N) is 2. The molecule has 2 heterocycles. The van der Waals surface area contributed by atoms with Gasteiger partial charge in [0.2, 0.25) is 5.91 Å². The molecule has 0 atom stereocenters. The van der Waals surface area contributed by atoms with Crippen molar-refractivity contribution >= 4 is 29.1 Å². The van der Waals surface area contributed by atoms with E-state index in [2.05, 4.69) is 15.8 Å². The molecule has 9 heteroatoms. The Hall–Kier alpha value is -3.72. The monoisotopic (exact) mass is 506 g/mol. The second-order valence-corrected chi connectivity index (χ2v) is 9.88. The summed E-state index contributed by atoms with van der Waals surface area (Å²) in [6, 6.07) is 16.6. The van der Waals surface area contributed by atoms with Crippen molar-refractivity contribution in [2.75, 3.05) is 13.1 Å². The molecule has 0 aliphatic carbocycles. The van der Waals surface area contributed by atoms with Gasteiger partial charge in [0.05, 0.1) is 17.5 Å². The van der Waals surface area contributed by atoms with E-state index in [9.17, 15) is 14.4 Å². The number of ether oxygens (including phenoxy) is 1. The third-order valence-electron chi connectivity index (χ3n) is 5.88.